The van der Waals surface area contributed by atoms with Crippen LogP contribution in [0.15, 0.2) is 65.1 Å². The van der Waals surface area contributed by atoms with Crippen LogP contribution in [0.25, 0.3) is 16.7 Å². The van der Waals surface area contributed by atoms with E-state index in [1.807, 2.05) is 43.3 Å². The van der Waals surface area contributed by atoms with Gasteiger partial charge in [-0.15, -0.1) is 10.2 Å². The normalized spacial score (nSPS) is 11.1. The number of amides is 1. The van der Waals surface area contributed by atoms with E-state index in [9.17, 15) is 4.79 Å². The number of nitrogens with one attached hydrogen (secondary N) is 1. The molecule has 0 spiro atoms. The summed E-state index contributed by atoms with van der Waals surface area (Å²) in [6.07, 6.45) is 0. The third-order valence-electron chi connectivity index (χ3n) is 4.97. The molecule has 1 heterocycles. The Hall–Kier alpha value is -3.19. The van der Waals surface area contributed by atoms with Crippen LogP contribution < -0.4 is 10.1 Å². The number of ether oxygens (including phenoxy) is 1. The van der Waals surface area contributed by atoms with Gasteiger partial charge in [0.25, 0.3) is 5.91 Å². The summed E-state index contributed by atoms with van der Waals surface area (Å²) in [7, 11) is 0. The minimum atomic E-state index is -0.234. The molecule has 0 aliphatic rings. The van der Waals surface area contributed by atoms with E-state index in [4.69, 9.17) is 4.74 Å². The molecule has 6 nitrogen and oxygen atoms in total. The van der Waals surface area contributed by atoms with Crippen LogP contribution in [0, 0.1) is 6.92 Å². The highest BCUT2D eigenvalue weighted by atomic mass is 79.9. The van der Waals surface area contributed by atoms with Crippen molar-refractivity contribution in [2.75, 3.05) is 11.9 Å². The van der Waals surface area contributed by atoms with Gasteiger partial charge in [-0.2, -0.15) is 4.80 Å². The number of fused-ring (bicyclic) bond motifs is 1. The van der Waals surface area contributed by atoms with Gasteiger partial charge in [-0.25, -0.2) is 0 Å². The topological polar surface area (TPSA) is 69.0 Å². The summed E-state index contributed by atoms with van der Waals surface area (Å²) >= 11 is 3.38. The average Bonchev–Trinajstić information content (AvgIpc) is 3.16. The number of aromatic nitrogens is 3. The zero-order chi connectivity index (χ0) is 22.0. The number of hydrogen-bond acceptors (Lipinski definition) is 4. The highest BCUT2D eigenvalue weighted by Crippen LogP contribution is 2.23. The van der Waals surface area contributed by atoms with Crippen LogP contribution in [-0.4, -0.2) is 27.5 Å². The largest absolute Gasteiger partial charge is 0.484 e. The van der Waals surface area contributed by atoms with Crippen molar-refractivity contribution in [2.24, 2.45) is 0 Å². The van der Waals surface area contributed by atoms with Gasteiger partial charge in [-0.05, 0) is 72.5 Å². The molecule has 0 radical (unpaired) electrons. The van der Waals surface area contributed by atoms with Crippen LogP contribution in [0.5, 0.6) is 5.75 Å². The number of nitrogens with zero attached hydrogens (tertiary/aromatic N) is 3. The lowest BCUT2D eigenvalue weighted by Crippen LogP contribution is -2.20. The first-order valence-electron chi connectivity index (χ1n) is 10.1. The van der Waals surface area contributed by atoms with Crippen molar-refractivity contribution in [1.82, 2.24) is 15.0 Å². The maximum Gasteiger partial charge on any atom is 0.262 e. The van der Waals surface area contributed by atoms with Gasteiger partial charge in [0.2, 0.25) is 0 Å². The molecule has 0 unspecified atom stereocenters. The first-order valence-corrected chi connectivity index (χ1v) is 10.8. The number of carbonyl (C=O) groups is 1. The number of hydrogen-bond donors (Lipinski definition) is 1. The standard InChI is InChI=1S/C24H23BrN4O2/c1-15(2)17-4-8-19(9-5-17)29-27-22-12-16(3)21(13-23(22)28-29)26-24(30)14-31-20-10-6-18(25)7-11-20/h4-13,15H,14H2,1-3H3,(H,26,30). The van der Waals surface area contributed by atoms with Gasteiger partial charge in [0.15, 0.2) is 6.61 Å². The van der Waals surface area contributed by atoms with Crippen molar-refractivity contribution in [3.63, 3.8) is 0 Å². The predicted molar refractivity (Wildman–Crippen MR) is 126 cm³/mol. The third kappa shape index (κ3) is 4.94. The summed E-state index contributed by atoms with van der Waals surface area (Å²) in [6.45, 7) is 6.19. The Labute approximate surface area is 189 Å². The van der Waals surface area contributed by atoms with Crippen molar-refractivity contribution >= 4 is 38.6 Å². The minimum absolute atomic E-state index is 0.0754. The van der Waals surface area contributed by atoms with Crippen LogP contribution >= 0.6 is 15.9 Å². The quantitative estimate of drug-likeness (QED) is 0.389. The molecule has 31 heavy (non-hydrogen) atoms. The molecule has 0 aliphatic carbocycles. The van der Waals surface area contributed by atoms with Crippen molar-refractivity contribution < 1.29 is 9.53 Å². The van der Waals surface area contributed by atoms with Crippen molar-refractivity contribution in [1.29, 1.82) is 0 Å². The Morgan fingerprint density at radius 3 is 2.32 bits per heavy atom. The Balaban J connectivity index is 1.49. The molecule has 0 bridgehead atoms. The van der Waals surface area contributed by atoms with Crippen molar-refractivity contribution in [3.05, 3.63) is 76.3 Å². The van der Waals surface area contributed by atoms with Gasteiger partial charge >= 0.3 is 0 Å². The molecule has 1 aromatic heterocycles. The number of halogens is 1. The third-order valence-corrected chi connectivity index (χ3v) is 5.50. The number of rotatable bonds is 6. The fourth-order valence-corrected chi connectivity index (χ4v) is 3.44. The Kier molecular flexibility index (Phi) is 6.04. The Bertz CT molecular complexity index is 1220. The molecule has 4 rings (SSSR count). The Morgan fingerprint density at radius 2 is 1.68 bits per heavy atom. The minimum Gasteiger partial charge on any atom is -0.484 e. The second kappa shape index (κ2) is 8.89. The van der Waals surface area contributed by atoms with Gasteiger partial charge in [0.1, 0.15) is 16.8 Å². The maximum absolute atomic E-state index is 12.4. The second-order valence-electron chi connectivity index (χ2n) is 7.68. The zero-order valence-electron chi connectivity index (χ0n) is 17.6. The van der Waals surface area contributed by atoms with Gasteiger partial charge in [0.05, 0.1) is 5.69 Å². The number of benzene rings is 3. The first kappa shape index (κ1) is 21.1. The van der Waals surface area contributed by atoms with Gasteiger partial charge in [-0.3, -0.25) is 4.79 Å². The molecule has 0 saturated carbocycles. The van der Waals surface area contributed by atoms with Crippen LogP contribution in [-0.2, 0) is 4.79 Å². The molecule has 1 N–H and O–H groups in total. The van der Waals surface area contributed by atoms with E-state index in [1.54, 1.807) is 16.9 Å². The highest BCUT2D eigenvalue weighted by molar-refractivity contribution is 9.10. The number of aryl methyl sites for hydroxylation is 1. The van der Waals surface area contributed by atoms with Crippen molar-refractivity contribution in [3.8, 4) is 11.4 Å². The molecule has 158 valence electrons. The zero-order valence-corrected chi connectivity index (χ0v) is 19.2. The monoisotopic (exact) mass is 478 g/mol. The lowest BCUT2D eigenvalue weighted by Gasteiger charge is -2.09. The summed E-state index contributed by atoms with van der Waals surface area (Å²) in [5, 5.41) is 12.1. The van der Waals surface area contributed by atoms with Crippen LogP contribution in [0.2, 0.25) is 0 Å². The predicted octanol–water partition coefficient (Wildman–Crippen LogP) is 5.63. The van der Waals surface area contributed by atoms with E-state index in [0.717, 1.165) is 21.2 Å². The molecule has 0 saturated heterocycles. The molecular weight excluding hydrogens is 456 g/mol. The second-order valence-corrected chi connectivity index (χ2v) is 8.60. The van der Waals surface area contributed by atoms with Gasteiger partial charge in [0, 0.05) is 10.2 Å². The summed E-state index contributed by atoms with van der Waals surface area (Å²) in [5.41, 5.74) is 5.25. The maximum atomic E-state index is 12.4. The smallest absolute Gasteiger partial charge is 0.262 e. The van der Waals surface area contributed by atoms with Gasteiger partial charge < -0.3 is 10.1 Å². The van der Waals surface area contributed by atoms with E-state index >= 15 is 0 Å². The fourth-order valence-electron chi connectivity index (χ4n) is 3.18. The average molecular weight is 479 g/mol. The lowest BCUT2D eigenvalue weighted by molar-refractivity contribution is -0.118. The van der Waals surface area contributed by atoms with Crippen LogP contribution in [0.4, 0.5) is 5.69 Å². The van der Waals surface area contributed by atoms with Crippen molar-refractivity contribution in [2.45, 2.75) is 26.7 Å². The molecule has 1 amide bonds. The molecule has 0 aliphatic heterocycles. The molecule has 0 atom stereocenters. The van der Waals surface area contributed by atoms with Crippen LogP contribution in [0.3, 0.4) is 0 Å². The Morgan fingerprint density at radius 1 is 1.03 bits per heavy atom. The molecule has 4 aromatic rings. The molecule has 3 aromatic carbocycles. The summed E-state index contributed by atoms with van der Waals surface area (Å²) in [5.74, 6) is 0.874. The van der Waals surface area contributed by atoms with E-state index in [-0.39, 0.29) is 12.5 Å². The van der Waals surface area contributed by atoms with E-state index in [2.05, 4.69) is 57.4 Å². The fraction of sp³-hybridized carbons (Fsp3) is 0.208. The molecule has 0 fully saturated rings. The number of carbonyl (C=O) groups excluding carboxylic acids is 1. The summed E-state index contributed by atoms with van der Waals surface area (Å²) in [6, 6.07) is 19.3. The number of anilines is 1. The summed E-state index contributed by atoms with van der Waals surface area (Å²) < 4.78 is 6.50. The SMILES string of the molecule is Cc1cc2nn(-c3ccc(C(C)C)cc3)nc2cc1NC(=O)COc1ccc(Br)cc1. The van der Waals surface area contributed by atoms with Gasteiger partial charge in [-0.1, -0.05) is 41.9 Å². The van der Waals surface area contributed by atoms with E-state index in [0.29, 0.717) is 22.9 Å². The summed E-state index contributed by atoms with van der Waals surface area (Å²) in [4.78, 5) is 14.0. The lowest BCUT2D eigenvalue weighted by atomic mass is 10.0. The van der Waals surface area contributed by atoms with Crippen LogP contribution in [0.1, 0.15) is 30.9 Å². The first-order chi connectivity index (χ1) is 14.9. The van der Waals surface area contributed by atoms with E-state index < -0.39 is 0 Å². The molecular formula is C24H23BrN4O2. The highest BCUT2D eigenvalue weighted by Gasteiger charge is 2.11. The molecule has 7 heteroatoms. The van der Waals surface area contributed by atoms with E-state index in [1.165, 1.54) is 5.56 Å².